The molecule has 0 aliphatic rings. The summed E-state index contributed by atoms with van der Waals surface area (Å²) in [6, 6.07) is 3.22. The Morgan fingerprint density at radius 1 is 1.47 bits per heavy atom. The van der Waals surface area contributed by atoms with Crippen molar-refractivity contribution in [3.8, 4) is 5.75 Å². The van der Waals surface area contributed by atoms with Gasteiger partial charge in [-0.1, -0.05) is 0 Å². The predicted molar refractivity (Wildman–Crippen MR) is 53.9 cm³/mol. The van der Waals surface area contributed by atoms with E-state index in [0.29, 0.717) is 0 Å². The van der Waals surface area contributed by atoms with Crippen LogP contribution in [-0.2, 0) is 11.2 Å². The molecule has 0 fully saturated rings. The van der Waals surface area contributed by atoms with Gasteiger partial charge in [-0.25, -0.2) is 13.2 Å². The second kappa shape index (κ2) is 5.07. The molecule has 0 unspecified atom stereocenters. The largest absolute Gasteiger partial charge is 0.496 e. The zero-order valence-corrected chi connectivity index (χ0v) is 9.04. The number of ether oxygens (including phenoxy) is 1. The molecular formula is C11H11F3O3. The monoisotopic (exact) mass is 248 g/mol. The third-order valence-electron chi connectivity index (χ3n) is 2.10. The lowest BCUT2D eigenvalue weighted by atomic mass is 10.0. The Morgan fingerprint density at radius 3 is 2.65 bits per heavy atom. The summed E-state index contributed by atoms with van der Waals surface area (Å²) >= 11 is 0. The minimum absolute atomic E-state index is 0.0567. The van der Waals surface area contributed by atoms with Gasteiger partial charge < -0.3 is 9.84 Å². The SMILES string of the molecule is COc1ccc(F)cc1CC(F)(F)CC(=O)O. The van der Waals surface area contributed by atoms with Crippen LogP contribution in [0.2, 0.25) is 0 Å². The third kappa shape index (κ3) is 3.97. The summed E-state index contributed by atoms with van der Waals surface area (Å²) < 4.78 is 44.2. The number of carbonyl (C=O) groups is 1. The molecule has 94 valence electrons. The van der Waals surface area contributed by atoms with Gasteiger partial charge >= 0.3 is 5.97 Å². The fourth-order valence-electron chi connectivity index (χ4n) is 1.45. The molecule has 0 amide bonds. The van der Waals surface area contributed by atoms with Crippen molar-refractivity contribution < 1.29 is 27.8 Å². The highest BCUT2D eigenvalue weighted by molar-refractivity contribution is 5.67. The molecule has 3 nitrogen and oxygen atoms in total. The molecule has 0 heterocycles. The van der Waals surface area contributed by atoms with Crippen LogP contribution in [0.1, 0.15) is 12.0 Å². The Hall–Kier alpha value is -1.72. The van der Waals surface area contributed by atoms with E-state index in [1.165, 1.54) is 13.2 Å². The molecule has 0 saturated carbocycles. The minimum Gasteiger partial charge on any atom is -0.496 e. The van der Waals surface area contributed by atoms with Crippen molar-refractivity contribution in [2.75, 3.05) is 7.11 Å². The summed E-state index contributed by atoms with van der Waals surface area (Å²) in [4.78, 5) is 10.2. The highest BCUT2D eigenvalue weighted by Gasteiger charge is 2.33. The Balaban J connectivity index is 2.93. The molecule has 0 saturated heterocycles. The molecule has 0 bridgehead atoms. The van der Waals surface area contributed by atoms with Gasteiger partial charge in [0.15, 0.2) is 0 Å². The number of aliphatic carboxylic acids is 1. The van der Waals surface area contributed by atoms with Gasteiger partial charge in [-0.3, -0.25) is 4.79 Å². The molecule has 6 heteroatoms. The van der Waals surface area contributed by atoms with Gasteiger partial charge in [-0.05, 0) is 18.2 Å². The van der Waals surface area contributed by atoms with Crippen molar-refractivity contribution in [1.29, 1.82) is 0 Å². The lowest BCUT2D eigenvalue weighted by molar-refractivity contribution is -0.144. The number of carboxylic acid groups (broad SMARTS) is 1. The normalized spacial score (nSPS) is 11.3. The van der Waals surface area contributed by atoms with Gasteiger partial charge in [0.2, 0.25) is 0 Å². The molecule has 1 aromatic rings. The van der Waals surface area contributed by atoms with Crippen molar-refractivity contribution in [3.63, 3.8) is 0 Å². The molecule has 1 rings (SSSR count). The van der Waals surface area contributed by atoms with Gasteiger partial charge in [0, 0.05) is 12.0 Å². The maximum atomic E-state index is 13.2. The zero-order valence-electron chi connectivity index (χ0n) is 9.04. The average molecular weight is 248 g/mol. The van der Waals surface area contributed by atoms with Gasteiger partial charge in [0.05, 0.1) is 7.11 Å². The first-order valence-electron chi connectivity index (χ1n) is 4.76. The van der Waals surface area contributed by atoms with Gasteiger partial charge in [-0.2, -0.15) is 0 Å². The number of halogens is 3. The Labute approximate surface area is 95.8 Å². The molecule has 17 heavy (non-hydrogen) atoms. The van der Waals surface area contributed by atoms with E-state index in [1.807, 2.05) is 0 Å². The molecule has 1 aromatic carbocycles. The van der Waals surface area contributed by atoms with E-state index in [4.69, 9.17) is 9.84 Å². The van der Waals surface area contributed by atoms with Crippen LogP contribution in [0.25, 0.3) is 0 Å². The molecule has 0 spiro atoms. The second-order valence-corrected chi connectivity index (χ2v) is 3.56. The standard InChI is InChI=1S/C11H11F3O3/c1-17-9-3-2-8(12)4-7(9)5-11(13,14)6-10(15)16/h2-4H,5-6H2,1H3,(H,15,16). The number of benzene rings is 1. The summed E-state index contributed by atoms with van der Waals surface area (Å²) in [5, 5.41) is 8.32. The lowest BCUT2D eigenvalue weighted by Gasteiger charge is -2.16. The smallest absolute Gasteiger partial charge is 0.309 e. The predicted octanol–water partition coefficient (Wildman–Crippen LogP) is 2.49. The molecule has 0 radical (unpaired) electrons. The average Bonchev–Trinajstić information content (AvgIpc) is 2.14. The minimum atomic E-state index is -3.44. The highest BCUT2D eigenvalue weighted by Crippen LogP contribution is 2.29. The van der Waals surface area contributed by atoms with E-state index in [9.17, 15) is 18.0 Å². The van der Waals surface area contributed by atoms with E-state index in [-0.39, 0.29) is 11.3 Å². The van der Waals surface area contributed by atoms with Crippen molar-refractivity contribution in [2.45, 2.75) is 18.8 Å². The molecule has 1 N–H and O–H groups in total. The zero-order chi connectivity index (χ0) is 13.1. The maximum Gasteiger partial charge on any atom is 0.309 e. The molecule has 0 aromatic heterocycles. The van der Waals surface area contributed by atoms with E-state index >= 15 is 0 Å². The third-order valence-corrected chi connectivity index (χ3v) is 2.10. The van der Waals surface area contributed by atoms with Crippen LogP contribution < -0.4 is 4.74 Å². The van der Waals surface area contributed by atoms with Crippen molar-refractivity contribution in [3.05, 3.63) is 29.6 Å². The number of rotatable bonds is 5. The van der Waals surface area contributed by atoms with Crippen molar-refractivity contribution >= 4 is 5.97 Å². The molecule has 0 aliphatic heterocycles. The quantitative estimate of drug-likeness (QED) is 0.870. The number of alkyl halides is 2. The van der Waals surface area contributed by atoms with E-state index in [0.717, 1.165) is 12.1 Å². The molecule has 0 atom stereocenters. The van der Waals surface area contributed by atoms with Gasteiger partial charge in [0.25, 0.3) is 5.92 Å². The van der Waals surface area contributed by atoms with E-state index in [2.05, 4.69) is 0 Å². The van der Waals surface area contributed by atoms with Crippen LogP contribution in [0, 0.1) is 5.82 Å². The number of hydrogen-bond acceptors (Lipinski definition) is 2. The Morgan fingerprint density at radius 2 is 2.12 bits per heavy atom. The van der Waals surface area contributed by atoms with Crippen LogP contribution in [0.5, 0.6) is 5.75 Å². The first kappa shape index (κ1) is 13.3. The number of carboxylic acids is 1. The maximum absolute atomic E-state index is 13.2. The summed E-state index contributed by atoms with van der Waals surface area (Å²) in [5.41, 5.74) is -0.0567. The second-order valence-electron chi connectivity index (χ2n) is 3.56. The highest BCUT2D eigenvalue weighted by atomic mass is 19.3. The van der Waals surface area contributed by atoms with Crippen LogP contribution in [0.3, 0.4) is 0 Å². The lowest BCUT2D eigenvalue weighted by Crippen LogP contribution is -2.24. The van der Waals surface area contributed by atoms with Crippen LogP contribution in [0.4, 0.5) is 13.2 Å². The number of methoxy groups -OCH3 is 1. The summed E-state index contributed by atoms with van der Waals surface area (Å²) in [6.45, 7) is 0. The van der Waals surface area contributed by atoms with E-state index < -0.39 is 30.6 Å². The molecular weight excluding hydrogens is 237 g/mol. The Bertz CT molecular complexity index is 418. The van der Waals surface area contributed by atoms with Crippen molar-refractivity contribution in [1.82, 2.24) is 0 Å². The summed E-state index contributed by atoms with van der Waals surface area (Å²) in [5.74, 6) is -5.61. The summed E-state index contributed by atoms with van der Waals surface area (Å²) in [6.07, 6.45) is -2.17. The first-order chi connectivity index (χ1) is 7.84. The summed E-state index contributed by atoms with van der Waals surface area (Å²) in [7, 11) is 1.27. The topological polar surface area (TPSA) is 46.5 Å². The van der Waals surface area contributed by atoms with E-state index in [1.54, 1.807) is 0 Å². The fraction of sp³-hybridized carbons (Fsp3) is 0.364. The van der Waals surface area contributed by atoms with Crippen LogP contribution in [0.15, 0.2) is 18.2 Å². The van der Waals surface area contributed by atoms with Crippen molar-refractivity contribution in [2.24, 2.45) is 0 Å². The van der Waals surface area contributed by atoms with Gasteiger partial charge in [0.1, 0.15) is 18.0 Å². The first-order valence-corrected chi connectivity index (χ1v) is 4.76. The molecule has 0 aliphatic carbocycles. The van der Waals surface area contributed by atoms with Crippen LogP contribution >= 0.6 is 0 Å². The Kier molecular flexibility index (Phi) is 3.98. The van der Waals surface area contributed by atoms with Crippen LogP contribution in [-0.4, -0.2) is 24.1 Å². The number of hydrogen-bond donors (Lipinski definition) is 1. The van der Waals surface area contributed by atoms with Gasteiger partial charge in [-0.15, -0.1) is 0 Å². The fourth-order valence-corrected chi connectivity index (χ4v) is 1.45.